The average Bonchev–Trinajstić information content (AvgIpc) is 3.03. The fourth-order valence-corrected chi connectivity index (χ4v) is 4.46. The molecule has 2 aliphatic rings. The summed E-state index contributed by atoms with van der Waals surface area (Å²) in [6.07, 6.45) is 2.44. The molecule has 2 aromatic rings. The van der Waals surface area contributed by atoms with E-state index in [1.807, 2.05) is 30.5 Å². The number of carbonyl (C=O) groups is 3. The Bertz CT molecular complexity index is 1030. The summed E-state index contributed by atoms with van der Waals surface area (Å²) in [6, 6.07) is 9.24. The quantitative estimate of drug-likeness (QED) is 0.727. The SMILES string of the molecule is CC(C)CN(C)Cc1ccnc(-c2ccc3c(c2)CN(C2CCC(=O)NC2=O)C3=O)c1. The van der Waals surface area contributed by atoms with E-state index in [9.17, 15) is 14.4 Å². The molecule has 0 aliphatic carbocycles. The van der Waals surface area contributed by atoms with E-state index >= 15 is 0 Å². The first-order valence-corrected chi connectivity index (χ1v) is 10.7. The molecule has 1 aromatic carbocycles. The number of amides is 3. The largest absolute Gasteiger partial charge is 0.322 e. The van der Waals surface area contributed by atoms with Gasteiger partial charge in [-0.25, -0.2) is 0 Å². The lowest BCUT2D eigenvalue weighted by molar-refractivity contribution is -0.136. The van der Waals surface area contributed by atoms with Crippen molar-refractivity contribution in [3.05, 3.63) is 53.2 Å². The van der Waals surface area contributed by atoms with Crippen molar-refractivity contribution >= 4 is 17.7 Å². The highest BCUT2D eigenvalue weighted by Crippen LogP contribution is 2.31. The molecule has 1 saturated heterocycles. The zero-order chi connectivity index (χ0) is 22.1. The lowest BCUT2D eigenvalue weighted by Gasteiger charge is -2.29. The zero-order valence-corrected chi connectivity index (χ0v) is 18.2. The van der Waals surface area contributed by atoms with E-state index < -0.39 is 11.9 Å². The van der Waals surface area contributed by atoms with Crippen LogP contribution in [0.3, 0.4) is 0 Å². The Balaban J connectivity index is 1.53. The van der Waals surface area contributed by atoms with Gasteiger partial charge >= 0.3 is 0 Å². The van der Waals surface area contributed by atoms with Gasteiger partial charge in [-0.3, -0.25) is 24.7 Å². The zero-order valence-electron chi connectivity index (χ0n) is 18.2. The van der Waals surface area contributed by atoms with Crippen LogP contribution in [0.25, 0.3) is 11.3 Å². The summed E-state index contributed by atoms with van der Waals surface area (Å²) >= 11 is 0. The third-order valence-electron chi connectivity index (χ3n) is 5.77. The molecular weight excluding hydrogens is 392 g/mol. The third-order valence-corrected chi connectivity index (χ3v) is 5.77. The summed E-state index contributed by atoms with van der Waals surface area (Å²) in [5, 5.41) is 2.34. The summed E-state index contributed by atoms with van der Waals surface area (Å²) < 4.78 is 0. The molecule has 0 spiro atoms. The molecular formula is C24H28N4O3. The van der Waals surface area contributed by atoms with Crippen molar-refractivity contribution in [3.63, 3.8) is 0 Å². The predicted octanol–water partition coefficient (Wildman–Crippen LogP) is 2.60. The van der Waals surface area contributed by atoms with E-state index in [0.29, 0.717) is 24.4 Å². The number of aromatic nitrogens is 1. The maximum absolute atomic E-state index is 12.9. The van der Waals surface area contributed by atoms with Crippen LogP contribution in [-0.4, -0.2) is 52.1 Å². The summed E-state index contributed by atoms with van der Waals surface area (Å²) in [5.41, 5.74) is 4.50. The van der Waals surface area contributed by atoms with Crippen LogP contribution in [0.5, 0.6) is 0 Å². The Kier molecular flexibility index (Phi) is 5.87. The highest BCUT2D eigenvalue weighted by molar-refractivity contribution is 6.05. The molecule has 7 heteroatoms. The van der Waals surface area contributed by atoms with Gasteiger partial charge in [-0.15, -0.1) is 0 Å². The maximum Gasteiger partial charge on any atom is 0.255 e. The van der Waals surface area contributed by atoms with Crippen LogP contribution in [0, 0.1) is 5.92 Å². The maximum atomic E-state index is 12.9. The summed E-state index contributed by atoms with van der Waals surface area (Å²) in [7, 11) is 2.12. The van der Waals surface area contributed by atoms with Gasteiger partial charge in [0.2, 0.25) is 11.8 Å². The molecule has 1 atom stereocenters. The van der Waals surface area contributed by atoms with Gasteiger partial charge in [-0.2, -0.15) is 0 Å². The average molecular weight is 421 g/mol. The number of rotatable bonds is 6. The molecule has 0 saturated carbocycles. The number of pyridine rings is 1. The standard InChI is InChI=1S/C24H28N4O3/c1-15(2)12-27(3)13-16-8-9-25-20(10-16)17-4-5-19-18(11-17)14-28(24(19)31)21-6-7-22(29)26-23(21)30/h4-5,8-11,15,21H,6-7,12-14H2,1-3H3,(H,26,29,30). The molecule has 1 N–H and O–H groups in total. The minimum absolute atomic E-state index is 0.159. The van der Waals surface area contributed by atoms with Gasteiger partial charge in [0.15, 0.2) is 0 Å². The van der Waals surface area contributed by atoms with E-state index in [-0.39, 0.29) is 18.2 Å². The number of fused-ring (bicyclic) bond motifs is 1. The van der Waals surface area contributed by atoms with E-state index in [2.05, 4.69) is 42.2 Å². The van der Waals surface area contributed by atoms with Crippen LogP contribution in [0.2, 0.25) is 0 Å². The summed E-state index contributed by atoms with van der Waals surface area (Å²) in [4.78, 5) is 44.9. The second-order valence-electron chi connectivity index (χ2n) is 8.91. The highest BCUT2D eigenvalue weighted by Gasteiger charge is 2.39. The van der Waals surface area contributed by atoms with Crippen LogP contribution < -0.4 is 5.32 Å². The minimum Gasteiger partial charge on any atom is -0.322 e. The number of piperidine rings is 1. The van der Waals surface area contributed by atoms with Crippen molar-refractivity contribution < 1.29 is 14.4 Å². The fraction of sp³-hybridized carbons (Fsp3) is 0.417. The Hall–Kier alpha value is -3.06. The molecule has 3 amide bonds. The first-order chi connectivity index (χ1) is 14.8. The Morgan fingerprint density at radius 2 is 2.00 bits per heavy atom. The smallest absolute Gasteiger partial charge is 0.255 e. The molecule has 162 valence electrons. The lowest BCUT2D eigenvalue weighted by Crippen LogP contribution is -2.52. The fourth-order valence-electron chi connectivity index (χ4n) is 4.46. The second-order valence-corrected chi connectivity index (χ2v) is 8.91. The molecule has 7 nitrogen and oxygen atoms in total. The molecule has 1 unspecified atom stereocenters. The van der Waals surface area contributed by atoms with Crippen molar-refractivity contribution in [2.75, 3.05) is 13.6 Å². The van der Waals surface area contributed by atoms with Crippen LogP contribution in [-0.2, 0) is 22.7 Å². The molecule has 1 fully saturated rings. The lowest BCUT2D eigenvalue weighted by atomic mass is 10.0. The van der Waals surface area contributed by atoms with Gasteiger partial charge in [0.05, 0.1) is 5.69 Å². The molecule has 3 heterocycles. The van der Waals surface area contributed by atoms with Gasteiger partial charge in [0.25, 0.3) is 5.91 Å². The second kappa shape index (κ2) is 8.59. The summed E-state index contributed by atoms with van der Waals surface area (Å²) in [5.74, 6) is -0.226. The topological polar surface area (TPSA) is 82.6 Å². The van der Waals surface area contributed by atoms with Crippen molar-refractivity contribution in [2.24, 2.45) is 5.92 Å². The normalized spacial score (nSPS) is 18.7. The number of hydrogen-bond acceptors (Lipinski definition) is 5. The van der Waals surface area contributed by atoms with Crippen LogP contribution in [0.4, 0.5) is 0 Å². The molecule has 31 heavy (non-hydrogen) atoms. The summed E-state index contributed by atoms with van der Waals surface area (Å²) in [6.45, 7) is 6.65. The van der Waals surface area contributed by atoms with Gasteiger partial charge in [0, 0.05) is 43.4 Å². The number of carbonyl (C=O) groups excluding carboxylic acids is 3. The Labute approximate surface area is 182 Å². The predicted molar refractivity (Wildman–Crippen MR) is 117 cm³/mol. The monoisotopic (exact) mass is 420 g/mol. The van der Waals surface area contributed by atoms with Crippen LogP contribution in [0.1, 0.15) is 48.2 Å². The van der Waals surface area contributed by atoms with E-state index in [0.717, 1.165) is 29.9 Å². The van der Waals surface area contributed by atoms with E-state index in [1.165, 1.54) is 5.56 Å². The molecule has 0 bridgehead atoms. The van der Waals surface area contributed by atoms with Gasteiger partial charge in [-0.1, -0.05) is 19.9 Å². The number of hydrogen-bond donors (Lipinski definition) is 1. The highest BCUT2D eigenvalue weighted by atomic mass is 16.2. The molecule has 2 aliphatic heterocycles. The van der Waals surface area contributed by atoms with E-state index in [1.54, 1.807) is 4.90 Å². The van der Waals surface area contributed by atoms with Crippen molar-refractivity contribution in [3.8, 4) is 11.3 Å². The van der Waals surface area contributed by atoms with Crippen molar-refractivity contribution in [1.29, 1.82) is 0 Å². The van der Waals surface area contributed by atoms with Gasteiger partial charge in [0.1, 0.15) is 6.04 Å². The number of imide groups is 1. The Morgan fingerprint density at radius 1 is 1.19 bits per heavy atom. The minimum atomic E-state index is -0.598. The molecule has 4 rings (SSSR count). The molecule has 0 radical (unpaired) electrons. The number of benzene rings is 1. The van der Waals surface area contributed by atoms with Crippen LogP contribution >= 0.6 is 0 Å². The number of nitrogens with one attached hydrogen (secondary N) is 1. The third kappa shape index (κ3) is 4.51. The van der Waals surface area contributed by atoms with E-state index in [4.69, 9.17) is 0 Å². The Morgan fingerprint density at radius 3 is 2.74 bits per heavy atom. The van der Waals surface area contributed by atoms with Crippen molar-refractivity contribution in [1.82, 2.24) is 20.1 Å². The van der Waals surface area contributed by atoms with Crippen molar-refractivity contribution in [2.45, 2.75) is 45.8 Å². The first kappa shape index (κ1) is 21.2. The van der Waals surface area contributed by atoms with Gasteiger partial charge in [-0.05, 0) is 54.8 Å². The number of nitrogens with zero attached hydrogens (tertiary/aromatic N) is 3. The molecule has 1 aromatic heterocycles. The van der Waals surface area contributed by atoms with Crippen LogP contribution in [0.15, 0.2) is 36.5 Å². The van der Waals surface area contributed by atoms with Gasteiger partial charge < -0.3 is 9.80 Å². The first-order valence-electron chi connectivity index (χ1n) is 10.7.